The smallest absolute Gasteiger partial charge is 0.257 e. The lowest BCUT2D eigenvalue weighted by Crippen LogP contribution is -2.48. The predicted octanol–water partition coefficient (Wildman–Crippen LogP) is 4.46. The highest BCUT2D eigenvalue weighted by Gasteiger charge is 2.23. The van der Waals surface area contributed by atoms with Gasteiger partial charge in [0, 0.05) is 43.0 Å². The first kappa shape index (κ1) is 28.0. The van der Waals surface area contributed by atoms with Crippen molar-refractivity contribution in [3.63, 3.8) is 0 Å². The maximum atomic E-state index is 12.8. The van der Waals surface area contributed by atoms with Gasteiger partial charge in [-0.2, -0.15) is 0 Å². The molecule has 0 bridgehead atoms. The van der Waals surface area contributed by atoms with Crippen molar-refractivity contribution < 1.29 is 23.8 Å². The second-order valence-corrected chi connectivity index (χ2v) is 9.45. The van der Waals surface area contributed by atoms with Crippen LogP contribution < -0.4 is 29.7 Å². The number of hydrogen-bond acceptors (Lipinski definition) is 7. The van der Waals surface area contributed by atoms with Gasteiger partial charge in [0.15, 0.2) is 16.6 Å². The van der Waals surface area contributed by atoms with Gasteiger partial charge in [-0.1, -0.05) is 29.8 Å². The summed E-state index contributed by atoms with van der Waals surface area (Å²) >= 11 is 11.9. The molecule has 1 fully saturated rings. The van der Waals surface area contributed by atoms with Crippen LogP contribution in [-0.4, -0.2) is 69.3 Å². The van der Waals surface area contributed by atoms with Crippen LogP contribution in [0, 0.1) is 0 Å². The second kappa shape index (κ2) is 12.7. The number of hydrogen-bond donors (Lipinski definition) is 2. The van der Waals surface area contributed by atoms with E-state index in [4.69, 9.17) is 38.0 Å². The van der Waals surface area contributed by atoms with E-state index in [0.29, 0.717) is 59.7 Å². The zero-order valence-corrected chi connectivity index (χ0v) is 23.4. The molecular weight excluding hydrogens is 540 g/mol. The molecule has 0 saturated carbocycles. The molecule has 2 N–H and O–H groups in total. The number of thiocarbonyl (C=S) groups is 1. The molecule has 1 saturated heterocycles. The lowest BCUT2D eigenvalue weighted by molar-refractivity contribution is 0.0746. The van der Waals surface area contributed by atoms with E-state index in [2.05, 4.69) is 15.5 Å². The molecule has 1 aliphatic rings. The Morgan fingerprint density at radius 3 is 2.05 bits per heavy atom. The van der Waals surface area contributed by atoms with Crippen molar-refractivity contribution in [2.24, 2.45) is 0 Å². The normalized spacial score (nSPS) is 12.9. The first-order valence-corrected chi connectivity index (χ1v) is 12.9. The van der Waals surface area contributed by atoms with Crippen LogP contribution in [0.2, 0.25) is 5.02 Å². The number of amides is 2. The average molecular weight is 569 g/mol. The molecule has 2 amide bonds. The Hall–Kier alpha value is -4.02. The van der Waals surface area contributed by atoms with E-state index in [0.717, 1.165) is 5.69 Å². The minimum absolute atomic E-state index is 0.0305. The molecule has 0 spiro atoms. The molecule has 0 unspecified atom stereocenters. The molecule has 9 nitrogen and oxygen atoms in total. The topological polar surface area (TPSA) is 92.4 Å². The number of nitrogens with zero attached hydrogens (tertiary/aromatic N) is 2. The third kappa shape index (κ3) is 6.52. The summed E-state index contributed by atoms with van der Waals surface area (Å²) in [5.74, 6) is 0.679. The predicted molar refractivity (Wildman–Crippen MR) is 156 cm³/mol. The Balaban J connectivity index is 1.35. The van der Waals surface area contributed by atoms with Crippen molar-refractivity contribution in [3.8, 4) is 17.2 Å². The van der Waals surface area contributed by atoms with Crippen molar-refractivity contribution in [1.82, 2.24) is 10.2 Å². The van der Waals surface area contributed by atoms with Gasteiger partial charge in [-0.25, -0.2) is 0 Å². The number of anilines is 2. The molecule has 11 heteroatoms. The first-order chi connectivity index (χ1) is 18.8. The summed E-state index contributed by atoms with van der Waals surface area (Å²) in [5, 5.41) is 6.27. The Kier molecular flexibility index (Phi) is 9.11. The molecule has 3 aromatic rings. The number of rotatable bonds is 7. The average Bonchev–Trinajstić information content (AvgIpc) is 2.96. The standard InChI is InChI=1S/C28H29ClN4O5S/c1-36-23-15-19(16-24(37-2)25(23)38-3)26(34)31-28(39)30-20-9-10-22(21(29)17-20)32-11-13-33(14-12-32)27(35)18-7-5-4-6-8-18/h4-10,15-17H,11-14H2,1-3H3,(H2,30,31,34,39). The number of halogens is 1. The Labute approximate surface area is 237 Å². The highest BCUT2D eigenvalue weighted by atomic mass is 35.5. The van der Waals surface area contributed by atoms with Crippen LogP contribution in [0.4, 0.5) is 11.4 Å². The van der Waals surface area contributed by atoms with E-state index in [1.165, 1.54) is 33.5 Å². The lowest BCUT2D eigenvalue weighted by Gasteiger charge is -2.36. The van der Waals surface area contributed by atoms with Gasteiger partial charge >= 0.3 is 0 Å². The molecule has 0 aliphatic carbocycles. The molecular formula is C28H29ClN4O5S. The summed E-state index contributed by atoms with van der Waals surface area (Å²) in [4.78, 5) is 29.5. The Morgan fingerprint density at radius 1 is 0.846 bits per heavy atom. The largest absolute Gasteiger partial charge is 0.493 e. The van der Waals surface area contributed by atoms with Crippen LogP contribution in [0.5, 0.6) is 17.2 Å². The van der Waals surface area contributed by atoms with E-state index in [1.54, 1.807) is 6.07 Å². The number of nitrogens with one attached hydrogen (secondary N) is 2. The molecule has 39 heavy (non-hydrogen) atoms. The van der Waals surface area contributed by atoms with Crippen LogP contribution in [0.15, 0.2) is 60.7 Å². The molecule has 0 radical (unpaired) electrons. The van der Waals surface area contributed by atoms with E-state index >= 15 is 0 Å². The lowest BCUT2D eigenvalue weighted by atomic mass is 10.1. The Bertz CT molecular complexity index is 1340. The van der Waals surface area contributed by atoms with Gasteiger partial charge in [0.1, 0.15) is 0 Å². The van der Waals surface area contributed by atoms with Gasteiger partial charge < -0.3 is 29.3 Å². The van der Waals surface area contributed by atoms with Crippen LogP contribution >= 0.6 is 23.8 Å². The molecule has 0 atom stereocenters. The number of benzene rings is 3. The number of ether oxygens (including phenoxy) is 3. The number of methoxy groups -OCH3 is 3. The summed E-state index contributed by atoms with van der Waals surface area (Å²) in [7, 11) is 4.44. The second-order valence-electron chi connectivity index (χ2n) is 8.63. The van der Waals surface area contributed by atoms with Crippen molar-refractivity contribution >= 4 is 52.1 Å². The maximum absolute atomic E-state index is 12.8. The number of carbonyl (C=O) groups excluding carboxylic acids is 2. The van der Waals surface area contributed by atoms with Crippen LogP contribution in [0.3, 0.4) is 0 Å². The molecule has 1 heterocycles. The summed E-state index contributed by atoms with van der Waals surface area (Å²) in [5.41, 5.74) is 2.46. The fourth-order valence-electron chi connectivity index (χ4n) is 4.30. The van der Waals surface area contributed by atoms with Crippen molar-refractivity contribution in [1.29, 1.82) is 0 Å². The summed E-state index contributed by atoms with van der Waals surface area (Å²) in [6.07, 6.45) is 0. The molecule has 0 aromatic heterocycles. The van der Waals surface area contributed by atoms with Crippen LogP contribution in [-0.2, 0) is 0 Å². The van der Waals surface area contributed by atoms with Crippen molar-refractivity contribution in [2.75, 3.05) is 57.7 Å². The summed E-state index contributed by atoms with van der Waals surface area (Å²) in [6, 6.07) is 17.8. The van der Waals surface area contributed by atoms with E-state index in [1.807, 2.05) is 47.4 Å². The van der Waals surface area contributed by atoms with Crippen molar-refractivity contribution in [2.45, 2.75) is 0 Å². The zero-order valence-electron chi connectivity index (χ0n) is 21.8. The van der Waals surface area contributed by atoms with Gasteiger partial charge in [0.05, 0.1) is 32.0 Å². The quantitative estimate of drug-likeness (QED) is 0.404. The highest BCUT2D eigenvalue weighted by molar-refractivity contribution is 7.80. The number of piperazine rings is 1. The fourth-order valence-corrected chi connectivity index (χ4v) is 4.82. The van der Waals surface area contributed by atoms with Gasteiger partial charge in [0.25, 0.3) is 11.8 Å². The fraction of sp³-hybridized carbons (Fsp3) is 0.250. The minimum Gasteiger partial charge on any atom is -0.493 e. The van der Waals surface area contributed by atoms with Gasteiger partial charge in [-0.15, -0.1) is 0 Å². The SMILES string of the molecule is COc1cc(C(=O)NC(=S)Nc2ccc(N3CCN(C(=O)c4ccccc4)CC3)c(Cl)c2)cc(OC)c1OC. The number of carbonyl (C=O) groups is 2. The maximum Gasteiger partial charge on any atom is 0.257 e. The van der Waals surface area contributed by atoms with E-state index < -0.39 is 5.91 Å². The van der Waals surface area contributed by atoms with Crippen LogP contribution in [0.25, 0.3) is 0 Å². The first-order valence-electron chi connectivity index (χ1n) is 12.2. The summed E-state index contributed by atoms with van der Waals surface area (Å²) < 4.78 is 15.9. The monoisotopic (exact) mass is 568 g/mol. The van der Waals surface area contributed by atoms with Crippen LogP contribution in [0.1, 0.15) is 20.7 Å². The summed E-state index contributed by atoms with van der Waals surface area (Å²) in [6.45, 7) is 2.52. The van der Waals surface area contributed by atoms with Crippen molar-refractivity contribution in [3.05, 3.63) is 76.8 Å². The van der Waals surface area contributed by atoms with Gasteiger partial charge in [0.2, 0.25) is 5.75 Å². The molecule has 4 rings (SSSR count). The third-order valence-corrected chi connectivity index (χ3v) is 6.79. The van der Waals surface area contributed by atoms with Gasteiger partial charge in [-0.3, -0.25) is 14.9 Å². The zero-order chi connectivity index (χ0) is 27.9. The molecule has 1 aliphatic heterocycles. The third-order valence-electron chi connectivity index (χ3n) is 6.29. The highest BCUT2D eigenvalue weighted by Crippen LogP contribution is 2.38. The van der Waals surface area contributed by atoms with E-state index in [9.17, 15) is 9.59 Å². The Morgan fingerprint density at radius 2 is 1.49 bits per heavy atom. The molecule has 204 valence electrons. The van der Waals surface area contributed by atoms with Gasteiger partial charge in [-0.05, 0) is 54.7 Å². The van der Waals surface area contributed by atoms with E-state index in [-0.39, 0.29) is 16.6 Å². The molecule has 3 aromatic carbocycles. The minimum atomic E-state index is -0.447.